The van der Waals surface area contributed by atoms with Crippen LogP contribution in [0.2, 0.25) is 0 Å². The van der Waals surface area contributed by atoms with E-state index in [1.54, 1.807) is 0 Å². The Kier molecular flexibility index (Phi) is 4.76. The number of alkyl halides is 1. The number of nitrogens with zero attached hydrogens (tertiary/aromatic N) is 2. The van der Waals surface area contributed by atoms with Gasteiger partial charge in [0.15, 0.2) is 0 Å². The molecule has 2 rings (SSSR count). The molecule has 1 aromatic heterocycles. The smallest absolute Gasteiger partial charge is 0.294 e. The van der Waals surface area contributed by atoms with Crippen LogP contribution >= 0.6 is 22.9 Å². The van der Waals surface area contributed by atoms with Gasteiger partial charge >= 0.3 is 0 Å². The Labute approximate surface area is 109 Å². The van der Waals surface area contributed by atoms with Crippen LogP contribution in [0, 0.1) is 0 Å². The lowest BCUT2D eigenvalue weighted by atomic mass is 10.1. The van der Waals surface area contributed by atoms with Crippen LogP contribution in [-0.2, 0) is 12.3 Å². The van der Waals surface area contributed by atoms with E-state index in [4.69, 9.17) is 16.3 Å². The largest absolute Gasteiger partial charge is 0.469 e. The van der Waals surface area contributed by atoms with E-state index in [9.17, 15) is 0 Å². The summed E-state index contributed by atoms with van der Waals surface area (Å²) in [4.78, 5) is 0. The lowest BCUT2D eigenvalue weighted by Crippen LogP contribution is -1.99. The molecule has 0 fully saturated rings. The third-order valence-corrected chi connectivity index (χ3v) is 3.49. The molecular weight excluding hydrogens is 256 g/mol. The first-order chi connectivity index (χ1) is 8.38. The molecule has 0 atom stereocenters. The molecule has 0 aliphatic carbocycles. The highest BCUT2D eigenvalue weighted by Gasteiger charge is 2.03. The molecule has 0 saturated heterocycles. The van der Waals surface area contributed by atoms with Gasteiger partial charge in [-0.15, -0.1) is 21.8 Å². The fourth-order valence-corrected chi connectivity index (χ4v) is 2.21. The van der Waals surface area contributed by atoms with Crippen LogP contribution in [0.5, 0.6) is 5.19 Å². The lowest BCUT2D eigenvalue weighted by Gasteiger charge is -2.01. The first kappa shape index (κ1) is 12.3. The number of rotatable bonds is 6. The summed E-state index contributed by atoms with van der Waals surface area (Å²) in [5.74, 6) is 0.394. The molecular formula is C12H13ClN2OS. The zero-order valence-electron chi connectivity index (χ0n) is 9.30. The molecule has 2 aromatic rings. The Balaban J connectivity index is 1.69. The standard InChI is InChI=1S/C12H13ClN2OS/c13-9-11-14-15-12(17-11)16-8-4-7-10-5-2-1-3-6-10/h1-3,5-6H,4,7-9H2. The first-order valence-electron chi connectivity index (χ1n) is 5.43. The second-order valence-corrected chi connectivity index (χ2v) is 4.82. The van der Waals surface area contributed by atoms with Crippen molar-refractivity contribution < 1.29 is 4.74 Å². The molecule has 3 nitrogen and oxygen atoms in total. The zero-order chi connectivity index (χ0) is 11.9. The number of aromatic nitrogens is 2. The maximum absolute atomic E-state index is 5.63. The van der Waals surface area contributed by atoms with Gasteiger partial charge in [-0.25, -0.2) is 0 Å². The van der Waals surface area contributed by atoms with Crippen molar-refractivity contribution in [2.45, 2.75) is 18.7 Å². The molecule has 0 spiro atoms. The van der Waals surface area contributed by atoms with E-state index in [1.165, 1.54) is 16.9 Å². The molecule has 0 aliphatic heterocycles. The van der Waals surface area contributed by atoms with Gasteiger partial charge in [0.2, 0.25) is 0 Å². The molecule has 0 N–H and O–H groups in total. The van der Waals surface area contributed by atoms with Crippen LogP contribution in [0.1, 0.15) is 17.0 Å². The molecule has 1 heterocycles. The Morgan fingerprint density at radius 1 is 1.18 bits per heavy atom. The number of ether oxygens (including phenoxy) is 1. The van der Waals surface area contributed by atoms with Gasteiger partial charge in [-0.3, -0.25) is 0 Å². The second kappa shape index (κ2) is 6.57. The molecule has 17 heavy (non-hydrogen) atoms. The van der Waals surface area contributed by atoms with E-state index < -0.39 is 0 Å². The summed E-state index contributed by atoms with van der Waals surface area (Å²) in [6, 6.07) is 10.4. The first-order valence-corrected chi connectivity index (χ1v) is 6.78. The lowest BCUT2D eigenvalue weighted by molar-refractivity contribution is 0.307. The molecule has 0 aliphatic rings. The molecule has 5 heteroatoms. The van der Waals surface area contributed by atoms with Crippen molar-refractivity contribution in [1.82, 2.24) is 10.2 Å². The minimum Gasteiger partial charge on any atom is -0.469 e. The molecule has 90 valence electrons. The summed E-state index contributed by atoms with van der Waals surface area (Å²) in [7, 11) is 0. The summed E-state index contributed by atoms with van der Waals surface area (Å²) >= 11 is 7.04. The van der Waals surface area contributed by atoms with E-state index >= 15 is 0 Å². The van der Waals surface area contributed by atoms with Crippen LogP contribution in [0.3, 0.4) is 0 Å². The number of hydrogen-bond donors (Lipinski definition) is 0. The second-order valence-electron chi connectivity index (χ2n) is 3.53. The van der Waals surface area contributed by atoms with Gasteiger partial charge in [-0.1, -0.05) is 41.7 Å². The van der Waals surface area contributed by atoms with Crippen molar-refractivity contribution in [2.75, 3.05) is 6.61 Å². The normalized spacial score (nSPS) is 10.4. The quantitative estimate of drug-likeness (QED) is 0.596. The predicted molar refractivity (Wildman–Crippen MR) is 69.7 cm³/mol. The highest BCUT2D eigenvalue weighted by Crippen LogP contribution is 2.19. The molecule has 1 aromatic carbocycles. The Bertz CT molecular complexity index is 447. The van der Waals surface area contributed by atoms with Crippen LogP contribution in [0.4, 0.5) is 0 Å². The van der Waals surface area contributed by atoms with Gasteiger partial charge < -0.3 is 4.74 Å². The van der Waals surface area contributed by atoms with E-state index in [-0.39, 0.29) is 0 Å². The van der Waals surface area contributed by atoms with Gasteiger partial charge in [0.1, 0.15) is 5.01 Å². The van der Waals surface area contributed by atoms with Crippen molar-refractivity contribution in [3.05, 3.63) is 40.9 Å². The SMILES string of the molecule is ClCc1nnc(OCCCc2ccccc2)s1. The topological polar surface area (TPSA) is 35.0 Å². The Hall–Kier alpha value is -1.13. The fraction of sp³-hybridized carbons (Fsp3) is 0.333. The number of hydrogen-bond acceptors (Lipinski definition) is 4. The van der Waals surface area contributed by atoms with E-state index in [2.05, 4.69) is 22.3 Å². The average Bonchev–Trinajstić information content (AvgIpc) is 2.84. The van der Waals surface area contributed by atoms with E-state index in [0.717, 1.165) is 17.8 Å². The Morgan fingerprint density at radius 2 is 2.00 bits per heavy atom. The van der Waals surface area contributed by atoms with Gasteiger partial charge in [0.25, 0.3) is 5.19 Å². The van der Waals surface area contributed by atoms with Crippen molar-refractivity contribution in [2.24, 2.45) is 0 Å². The van der Waals surface area contributed by atoms with E-state index in [1.807, 2.05) is 18.2 Å². The summed E-state index contributed by atoms with van der Waals surface area (Å²) in [5, 5.41) is 9.18. The van der Waals surface area contributed by atoms with Gasteiger partial charge in [0.05, 0.1) is 12.5 Å². The minimum atomic E-state index is 0.394. The van der Waals surface area contributed by atoms with Crippen molar-refractivity contribution in [3.8, 4) is 5.19 Å². The summed E-state index contributed by atoms with van der Waals surface area (Å²) in [5.41, 5.74) is 1.33. The summed E-state index contributed by atoms with van der Waals surface area (Å²) in [6.45, 7) is 0.659. The minimum absolute atomic E-state index is 0.394. The van der Waals surface area contributed by atoms with Crippen molar-refractivity contribution in [1.29, 1.82) is 0 Å². The van der Waals surface area contributed by atoms with Crippen LogP contribution in [0.15, 0.2) is 30.3 Å². The molecule has 0 unspecified atom stereocenters. The van der Waals surface area contributed by atoms with Gasteiger partial charge in [0, 0.05) is 0 Å². The number of benzene rings is 1. The third kappa shape index (κ3) is 3.98. The van der Waals surface area contributed by atoms with Gasteiger partial charge in [-0.2, -0.15) is 0 Å². The molecule has 0 bridgehead atoms. The van der Waals surface area contributed by atoms with Gasteiger partial charge in [-0.05, 0) is 18.4 Å². The maximum Gasteiger partial charge on any atom is 0.294 e. The summed E-state index contributed by atoms with van der Waals surface area (Å²) in [6.07, 6.45) is 1.99. The fourth-order valence-electron chi connectivity index (χ4n) is 1.43. The third-order valence-electron chi connectivity index (χ3n) is 2.24. The van der Waals surface area contributed by atoms with Crippen molar-refractivity contribution >= 4 is 22.9 Å². The molecule has 0 saturated carbocycles. The maximum atomic E-state index is 5.63. The molecule has 0 radical (unpaired) electrons. The monoisotopic (exact) mass is 268 g/mol. The number of halogens is 1. The summed E-state index contributed by atoms with van der Waals surface area (Å²) < 4.78 is 5.50. The highest BCUT2D eigenvalue weighted by atomic mass is 35.5. The number of aryl methyl sites for hydroxylation is 1. The highest BCUT2D eigenvalue weighted by molar-refractivity contribution is 7.13. The average molecular weight is 269 g/mol. The Morgan fingerprint density at radius 3 is 2.71 bits per heavy atom. The zero-order valence-corrected chi connectivity index (χ0v) is 10.9. The molecule has 0 amide bonds. The predicted octanol–water partition coefficient (Wildman–Crippen LogP) is 3.29. The van der Waals surface area contributed by atoms with Crippen molar-refractivity contribution in [3.63, 3.8) is 0 Å². The van der Waals surface area contributed by atoms with Crippen LogP contribution in [0.25, 0.3) is 0 Å². The van der Waals surface area contributed by atoms with Crippen LogP contribution < -0.4 is 4.74 Å². The van der Waals surface area contributed by atoms with Crippen LogP contribution in [-0.4, -0.2) is 16.8 Å². The van der Waals surface area contributed by atoms with E-state index in [0.29, 0.717) is 17.7 Å².